The summed E-state index contributed by atoms with van der Waals surface area (Å²) in [6.45, 7) is 5.88. The van der Waals surface area contributed by atoms with Crippen LogP contribution in [0.5, 0.6) is 0 Å². The van der Waals surface area contributed by atoms with Crippen LogP contribution in [0.3, 0.4) is 0 Å². The van der Waals surface area contributed by atoms with Gasteiger partial charge in [0.1, 0.15) is 5.82 Å². The van der Waals surface area contributed by atoms with E-state index in [0.717, 1.165) is 31.9 Å². The highest BCUT2D eigenvalue weighted by Crippen LogP contribution is 2.37. The molecule has 30 heavy (non-hydrogen) atoms. The summed E-state index contributed by atoms with van der Waals surface area (Å²) < 4.78 is 11.1. The molecule has 0 radical (unpaired) electrons. The Labute approximate surface area is 178 Å². The third kappa shape index (κ3) is 3.73. The fourth-order valence-corrected chi connectivity index (χ4v) is 5.26. The van der Waals surface area contributed by atoms with E-state index in [2.05, 4.69) is 17.9 Å². The van der Waals surface area contributed by atoms with E-state index in [9.17, 15) is 4.79 Å². The van der Waals surface area contributed by atoms with Crippen molar-refractivity contribution in [2.75, 3.05) is 31.1 Å². The molecule has 6 heteroatoms. The van der Waals surface area contributed by atoms with Gasteiger partial charge in [0.05, 0.1) is 25.2 Å². The van der Waals surface area contributed by atoms with Gasteiger partial charge in [0.15, 0.2) is 5.76 Å². The van der Waals surface area contributed by atoms with Crippen LogP contribution in [0.15, 0.2) is 28.9 Å². The maximum Gasteiger partial charge on any atom is 0.289 e. The molecule has 2 aromatic rings. The van der Waals surface area contributed by atoms with Crippen molar-refractivity contribution >= 4 is 11.7 Å². The highest BCUT2D eigenvalue weighted by Gasteiger charge is 2.31. The average Bonchev–Trinajstić information content (AvgIpc) is 3.33. The summed E-state index contributed by atoms with van der Waals surface area (Å²) in [5.74, 6) is 2.04. The molecule has 1 amide bonds. The number of hydrogen-bond acceptors (Lipinski definition) is 5. The third-order valence-corrected chi connectivity index (χ3v) is 6.93. The monoisotopic (exact) mass is 409 g/mol. The average molecular weight is 410 g/mol. The number of carbonyl (C=O) groups is 1. The van der Waals surface area contributed by atoms with Crippen LogP contribution in [0, 0.1) is 0 Å². The molecule has 1 unspecified atom stereocenters. The van der Waals surface area contributed by atoms with Crippen LogP contribution in [0.25, 0.3) is 0 Å². The van der Waals surface area contributed by atoms with Gasteiger partial charge in [-0.05, 0) is 49.9 Å². The summed E-state index contributed by atoms with van der Waals surface area (Å²) >= 11 is 0. The number of aromatic nitrogens is 1. The van der Waals surface area contributed by atoms with Crippen molar-refractivity contribution in [1.29, 1.82) is 0 Å². The summed E-state index contributed by atoms with van der Waals surface area (Å²) in [5, 5.41) is 0. The van der Waals surface area contributed by atoms with E-state index in [0.29, 0.717) is 24.8 Å². The Balaban J connectivity index is 1.38. The highest BCUT2D eigenvalue weighted by atomic mass is 16.5. The Morgan fingerprint density at radius 2 is 2.07 bits per heavy atom. The number of rotatable bonds is 3. The number of amides is 1. The SMILES string of the molecule is CC1CN(c2cc3c(c(C4CCCCC4)n2)COCC3)CCN1C(=O)c1ccco1. The van der Waals surface area contributed by atoms with Crippen LogP contribution in [0.1, 0.15) is 72.3 Å². The molecule has 6 nitrogen and oxygen atoms in total. The van der Waals surface area contributed by atoms with Crippen molar-refractivity contribution in [3.8, 4) is 0 Å². The van der Waals surface area contributed by atoms with Crippen molar-refractivity contribution in [2.45, 2.75) is 64.0 Å². The van der Waals surface area contributed by atoms with Gasteiger partial charge in [0.2, 0.25) is 0 Å². The molecule has 1 atom stereocenters. The molecule has 2 aromatic heterocycles. The van der Waals surface area contributed by atoms with Gasteiger partial charge >= 0.3 is 0 Å². The third-order valence-electron chi connectivity index (χ3n) is 6.93. The molecule has 0 spiro atoms. The second-order valence-electron chi connectivity index (χ2n) is 8.91. The van der Waals surface area contributed by atoms with E-state index in [1.54, 1.807) is 18.4 Å². The molecule has 0 bridgehead atoms. The molecule has 0 aromatic carbocycles. The largest absolute Gasteiger partial charge is 0.459 e. The van der Waals surface area contributed by atoms with Crippen LogP contribution >= 0.6 is 0 Å². The molecule has 1 saturated carbocycles. The molecule has 160 valence electrons. The number of anilines is 1. The lowest BCUT2D eigenvalue weighted by atomic mass is 9.83. The quantitative estimate of drug-likeness (QED) is 0.762. The fourth-order valence-electron chi connectivity index (χ4n) is 5.26. The first kappa shape index (κ1) is 19.6. The zero-order valence-electron chi connectivity index (χ0n) is 17.8. The highest BCUT2D eigenvalue weighted by molar-refractivity contribution is 5.91. The molecule has 4 heterocycles. The molecule has 2 fully saturated rings. The fraction of sp³-hybridized carbons (Fsp3) is 0.583. The molecule has 0 N–H and O–H groups in total. The van der Waals surface area contributed by atoms with Gasteiger partial charge in [0.25, 0.3) is 5.91 Å². The van der Waals surface area contributed by atoms with Crippen LogP contribution in [0.4, 0.5) is 5.82 Å². The summed E-state index contributed by atoms with van der Waals surface area (Å²) in [5.41, 5.74) is 4.04. The van der Waals surface area contributed by atoms with E-state index < -0.39 is 0 Å². The molecule has 1 aliphatic carbocycles. The van der Waals surface area contributed by atoms with Crippen molar-refractivity contribution in [3.63, 3.8) is 0 Å². The molecule has 3 aliphatic rings. The van der Waals surface area contributed by atoms with E-state index in [4.69, 9.17) is 14.1 Å². The second-order valence-corrected chi connectivity index (χ2v) is 8.91. The van der Waals surface area contributed by atoms with E-state index >= 15 is 0 Å². The van der Waals surface area contributed by atoms with Gasteiger partial charge < -0.3 is 19.0 Å². The van der Waals surface area contributed by atoms with Crippen LogP contribution < -0.4 is 4.90 Å². The lowest BCUT2D eigenvalue weighted by Crippen LogP contribution is -2.54. The second kappa shape index (κ2) is 8.42. The summed E-state index contributed by atoms with van der Waals surface area (Å²) in [7, 11) is 0. The van der Waals surface area contributed by atoms with E-state index in [-0.39, 0.29) is 11.9 Å². The number of ether oxygens (including phenoxy) is 1. The van der Waals surface area contributed by atoms with Gasteiger partial charge in [-0.15, -0.1) is 0 Å². The van der Waals surface area contributed by atoms with Crippen LogP contribution in [-0.2, 0) is 17.8 Å². The predicted octanol–water partition coefficient (Wildman–Crippen LogP) is 4.15. The number of furan rings is 1. The van der Waals surface area contributed by atoms with Crippen LogP contribution in [0.2, 0.25) is 0 Å². The van der Waals surface area contributed by atoms with Gasteiger partial charge in [0, 0.05) is 37.2 Å². The van der Waals surface area contributed by atoms with Gasteiger partial charge in [-0.25, -0.2) is 4.98 Å². The first-order valence-electron chi connectivity index (χ1n) is 11.4. The number of fused-ring (bicyclic) bond motifs is 1. The Bertz CT molecular complexity index is 889. The maximum absolute atomic E-state index is 12.8. The number of piperazine rings is 1. The van der Waals surface area contributed by atoms with Gasteiger partial charge in [-0.3, -0.25) is 4.79 Å². The lowest BCUT2D eigenvalue weighted by Gasteiger charge is -2.40. The maximum atomic E-state index is 12.8. The smallest absolute Gasteiger partial charge is 0.289 e. The predicted molar refractivity (Wildman–Crippen MR) is 115 cm³/mol. The number of pyridine rings is 1. The zero-order chi connectivity index (χ0) is 20.5. The van der Waals surface area contributed by atoms with Gasteiger partial charge in [-0.2, -0.15) is 0 Å². The molecular weight excluding hydrogens is 378 g/mol. The topological polar surface area (TPSA) is 58.8 Å². The first-order chi connectivity index (χ1) is 14.7. The minimum atomic E-state index is -0.0226. The number of nitrogens with zero attached hydrogens (tertiary/aromatic N) is 3. The van der Waals surface area contributed by atoms with Crippen molar-refractivity contribution in [3.05, 3.63) is 47.0 Å². The van der Waals surface area contributed by atoms with Crippen LogP contribution in [-0.4, -0.2) is 48.1 Å². The standard InChI is InChI=1S/C24H31N3O3/c1-17-15-26(10-11-27(17)24(28)21-8-5-12-30-21)22-14-19-9-13-29-16-20(19)23(25-22)18-6-3-2-4-7-18/h5,8,12,14,17-18H,2-4,6-7,9-11,13,15-16H2,1H3. The summed E-state index contributed by atoms with van der Waals surface area (Å²) in [6.07, 6.45) is 8.96. The molecule has 5 rings (SSSR count). The normalized spacial score (nSPS) is 22.8. The van der Waals surface area contributed by atoms with Gasteiger partial charge in [-0.1, -0.05) is 19.3 Å². The Morgan fingerprint density at radius 3 is 2.83 bits per heavy atom. The van der Waals surface area contributed by atoms with Crippen molar-refractivity contribution in [2.24, 2.45) is 0 Å². The van der Waals surface area contributed by atoms with Crippen molar-refractivity contribution < 1.29 is 13.9 Å². The Hall–Kier alpha value is -2.34. The Kier molecular flexibility index (Phi) is 5.50. The minimum absolute atomic E-state index is 0.0226. The Morgan fingerprint density at radius 1 is 1.20 bits per heavy atom. The summed E-state index contributed by atoms with van der Waals surface area (Å²) in [6, 6.07) is 5.89. The number of carbonyl (C=O) groups excluding carboxylic acids is 1. The minimum Gasteiger partial charge on any atom is -0.459 e. The van der Waals surface area contributed by atoms with E-state index in [1.165, 1.54) is 48.9 Å². The zero-order valence-corrected chi connectivity index (χ0v) is 17.8. The number of hydrogen-bond donors (Lipinski definition) is 0. The first-order valence-corrected chi connectivity index (χ1v) is 11.4. The molecule has 1 saturated heterocycles. The van der Waals surface area contributed by atoms with Crippen molar-refractivity contribution in [1.82, 2.24) is 9.88 Å². The lowest BCUT2D eigenvalue weighted by molar-refractivity contribution is 0.0641. The van der Waals surface area contributed by atoms with E-state index in [1.807, 2.05) is 4.90 Å². The molecule has 2 aliphatic heterocycles. The molecular formula is C24H31N3O3. The summed E-state index contributed by atoms with van der Waals surface area (Å²) in [4.78, 5) is 22.2.